The number of nitrogens with two attached hydrogens (primary N) is 1. The summed E-state index contributed by atoms with van der Waals surface area (Å²) in [4.78, 5) is 12.1. The molecule has 2 atom stereocenters. The summed E-state index contributed by atoms with van der Waals surface area (Å²) in [5.41, 5.74) is 5.79. The fourth-order valence-corrected chi connectivity index (χ4v) is 2.55. The number of carbonyl (C=O) groups excluding carboxylic acids is 1. The summed E-state index contributed by atoms with van der Waals surface area (Å²) >= 11 is 0. The molecule has 1 aromatic carbocycles. The van der Waals surface area contributed by atoms with Gasteiger partial charge in [-0.3, -0.25) is 4.79 Å². The number of carbonyl (C=O) groups is 1. The van der Waals surface area contributed by atoms with Crippen molar-refractivity contribution < 1.29 is 13.9 Å². The Hall–Kier alpha value is -1.90. The summed E-state index contributed by atoms with van der Waals surface area (Å²) in [7, 11) is 1.63. The fourth-order valence-electron chi connectivity index (χ4n) is 2.55. The van der Waals surface area contributed by atoms with E-state index in [1.165, 1.54) is 12.1 Å². The maximum absolute atomic E-state index is 14.0. The van der Waals surface area contributed by atoms with Gasteiger partial charge in [0.15, 0.2) is 0 Å². The topological polar surface area (TPSA) is 64.3 Å². The van der Waals surface area contributed by atoms with Gasteiger partial charge in [-0.05, 0) is 37.5 Å². The molecule has 2 unspecified atom stereocenters. The first-order valence-corrected chi connectivity index (χ1v) is 6.98. The van der Waals surface area contributed by atoms with Gasteiger partial charge in [-0.1, -0.05) is 11.8 Å². The van der Waals surface area contributed by atoms with Gasteiger partial charge in [-0.2, -0.15) is 0 Å². The molecule has 0 aromatic heterocycles. The van der Waals surface area contributed by atoms with Crippen LogP contribution in [0.2, 0.25) is 0 Å². The molecule has 0 radical (unpaired) electrons. The Kier molecular flexibility index (Phi) is 5.32. The van der Waals surface area contributed by atoms with Gasteiger partial charge in [0.25, 0.3) is 5.91 Å². The van der Waals surface area contributed by atoms with Gasteiger partial charge in [0, 0.05) is 12.7 Å². The van der Waals surface area contributed by atoms with Crippen LogP contribution in [0.25, 0.3) is 0 Å². The monoisotopic (exact) mass is 290 g/mol. The molecule has 1 fully saturated rings. The smallest absolute Gasteiger partial charge is 0.254 e. The number of halogens is 1. The second kappa shape index (κ2) is 7.21. The number of hydrogen-bond acceptors (Lipinski definition) is 3. The third-order valence-corrected chi connectivity index (χ3v) is 3.62. The molecule has 1 aliphatic rings. The molecule has 0 bridgehead atoms. The highest BCUT2D eigenvalue weighted by Crippen LogP contribution is 2.22. The van der Waals surface area contributed by atoms with Crippen LogP contribution in [0, 0.1) is 17.7 Å². The SMILES string of the molecule is COC1CCCC1NC(=O)c1ccc(C#CCN)cc1F. The number of rotatable bonds is 3. The van der Waals surface area contributed by atoms with Crippen molar-refractivity contribution in [1.82, 2.24) is 5.32 Å². The van der Waals surface area contributed by atoms with Crippen LogP contribution < -0.4 is 11.1 Å². The van der Waals surface area contributed by atoms with Crippen molar-refractivity contribution in [2.75, 3.05) is 13.7 Å². The van der Waals surface area contributed by atoms with Gasteiger partial charge in [0.1, 0.15) is 5.82 Å². The molecule has 112 valence electrons. The summed E-state index contributed by atoms with van der Waals surface area (Å²) < 4.78 is 19.3. The Morgan fingerprint density at radius 2 is 2.33 bits per heavy atom. The molecule has 0 spiro atoms. The molecular weight excluding hydrogens is 271 g/mol. The first-order valence-electron chi connectivity index (χ1n) is 6.98. The van der Waals surface area contributed by atoms with E-state index in [4.69, 9.17) is 10.5 Å². The third kappa shape index (κ3) is 3.81. The van der Waals surface area contributed by atoms with Gasteiger partial charge in [-0.15, -0.1) is 0 Å². The van der Waals surface area contributed by atoms with Crippen molar-refractivity contribution in [2.24, 2.45) is 5.73 Å². The van der Waals surface area contributed by atoms with Crippen LogP contribution in [0.5, 0.6) is 0 Å². The predicted molar refractivity (Wildman–Crippen MR) is 78.2 cm³/mol. The van der Waals surface area contributed by atoms with E-state index in [0.29, 0.717) is 5.56 Å². The summed E-state index contributed by atoms with van der Waals surface area (Å²) in [5, 5.41) is 2.84. The van der Waals surface area contributed by atoms with E-state index in [2.05, 4.69) is 17.2 Å². The molecule has 1 aromatic rings. The number of nitrogens with one attached hydrogen (secondary N) is 1. The van der Waals surface area contributed by atoms with E-state index in [0.717, 1.165) is 19.3 Å². The third-order valence-electron chi connectivity index (χ3n) is 3.62. The number of amides is 1. The van der Waals surface area contributed by atoms with E-state index < -0.39 is 11.7 Å². The Bertz CT molecular complexity index is 577. The molecule has 3 N–H and O–H groups in total. The minimum Gasteiger partial charge on any atom is -0.379 e. The average Bonchev–Trinajstić information content (AvgIpc) is 2.92. The molecule has 0 aliphatic heterocycles. The molecule has 21 heavy (non-hydrogen) atoms. The zero-order chi connectivity index (χ0) is 15.2. The van der Waals surface area contributed by atoms with Crippen molar-refractivity contribution in [3.63, 3.8) is 0 Å². The van der Waals surface area contributed by atoms with E-state index in [-0.39, 0.29) is 24.3 Å². The van der Waals surface area contributed by atoms with Crippen LogP contribution >= 0.6 is 0 Å². The van der Waals surface area contributed by atoms with Crippen LogP contribution in [0.4, 0.5) is 4.39 Å². The summed E-state index contributed by atoms with van der Waals surface area (Å²) in [6, 6.07) is 4.25. The van der Waals surface area contributed by atoms with Crippen molar-refractivity contribution in [1.29, 1.82) is 0 Å². The average molecular weight is 290 g/mol. The molecule has 1 aliphatic carbocycles. The van der Waals surface area contributed by atoms with Crippen LogP contribution in [0.3, 0.4) is 0 Å². The Morgan fingerprint density at radius 1 is 1.52 bits per heavy atom. The molecule has 5 heteroatoms. The van der Waals surface area contributed by atoms with E-state index in [9.17, 15) is 9.18 Å². The largest absolute Gasteiger partial charge is 0.379 e. The normalized spacial score (nSPS) is 20.7. The molecule has 1 amide bonds. The molecule has 1 saturated carbocycles. The molecule has 0 saturated heterocycles. The minimum atomic E-state index is -0.580. The number of benzene rings is 1. The molecule has 4 nitrogen and oxygen atoms in total. The first kappa shape index (κ1) is 15.5. The highest BCUT2D eigenvalue weighted by Gasteiger charge is 2.29. The second-order valence-corrected chi connectivity index (χ2v) is 4.99. The lowest BCUT2D eigenvalue weighted by Gasteiger charge is -2.19. The van der Waals surface area contributed by atoms with Crippen LogP contribution in [-0.4, -0.2) is 31.7 Å². The van der Waals surface area contributed by atoms with E-state index in [1.54, 1.807) is 13.2 Å². The van der Waals surface area contributed by atoms with Gasteiger partial charge in [-0.25, -0.2) is 4.39 Å². The summed E-state index contributed by atoms with van der Waals surface area (Å²) in [6.07, 6.45) is 2.77. The van der Waals surface area contributed by atoms with Crippen molar-refractivity contribution in [3.05, 3.63) is 35.1 Å². The zero-order valence-corrected chi connectivity index (χ0v) is 12.0. The maximum atomic E-state index is 14.0. The predicted octanol–water partition coefficient (Wildman–Crippen LogP) is 1.43. The zero-order valence-electron chi connectivity index (χ0n) is 12.0. The highest BCUT2D eigenvalue weighted by molar-refractivity contribution is 5.94. The van der Waals surface area contributed by atoms with Crippen molar-refractivity contribution in [2.45, 2.75) is 31.4 Å². The quantitative estimate of drug-likeness (QED) is 0.828. The van der Waals surface area contributed by atoms with Gasteiger partial charge in [0.05, 0.1) is 24.3 Å². The lowest BCUT2D eigenvalue weighted by Crippen LogP contribution is -2.41. The Labute approximate surface area is 123 Å². The summed E-state index contributed by atoms with van der Waals surface area (Å²) in [5.74, 6) is 4.38. The standard InChI is InChI=1S/C16H19FN2O2/c1-21-15-6-2-5-14(15)19-16(20)12-8-7-11(4-3-9-18)10-13(12)17/h7-8,10,14-15H,2,5-6,9,18H2,1H3,(H,19,20). The highest BCUT2D eigenvalue weighted by atomic mass is 19.1. The maximum Gasteiger partial charge on any atom is 0.254 e. The van der Waals surface area contributed by atoms with Crippen LogP contribution in [0.1, 0.15) is 35.2 Å². The second-order valence-electron chi connectivity index (χ2n) is 4.99. The fraction of sp³-hybridized carbons (Fsp3) is 0.438. The molecular formula is C16H19FN2O2. The van der Waals surface area contributed by atoms with Crippen molar-refractivity contribution >= 4 is 5.91 Å². The van der Waals surface area contributed by atoms with Gasteiger partial charge in [0.2, 0.25) is 0 Å². The minimum absolute atomic E-state index is 0.00621. The van der Waals surface area contributed by atoms with E-state index in [1.807, 2.05) is 0 Å². The van der Waals surface area contributed by atoms with Crippen molar-refractivity contribution in [3.8, 4) is 11.8 Å². The van der Waals surface area contributed by atoms with E-state index >= 15 is 0 Å². The van der Waals surface area contributed by atoms with Gasteiger partial charge < -0.3 is 15.8 Å². The Morgan fingerprint density at radius 3 is 3.00 bits per heavy atom. The first-order chi connectivity index (χ1) is 10.2. The lowest BCUT2D eigenvalue weighted by atomic mass is 10.1. The number of methoxy groups -OCH3 is 1. The van der Waals surface area contributed by atoms with Gasteiger partial charge >= 0.3 is 0 Å². The molecule has 0 heterocycles. The number of ether oxygens (including phenoxy) is 1. The number of hydrogen-bond donors (Lipinski definition) is 2. The Balaban J connectivity index is 2.09. The van der Waals surface area contributed by atoms with Crippen LogP contribution in [0.15, 0.2) is 18.2 Å². The lowest BCUT2D eigenvalue weighted by molar-refractivity contribution is 0.0720. The summed E-state index contributed by atoms with van der Waals surface area (Å²) in [6.45, 7) is 0.212. The molecule has 2 rings (SSSR count). The van der Waals surface area contributed by atoms with Crippen LogP contribution in [-0.2, 0) is 4.74 Å².